The normalized spacial score (nSPS) is 19.8. The molecule has 156 valence electrons. The lowest BCUT2D eigenvalue weighted by Gasteiger charge is -2.38. The van der Waals surface area contributed by atoms with Crippen molar-refractivity contribution >= 4 is 11.4 Å². The number of benzene rings is 1. The van der Waals surface area contributed by atoms with Crippen molar-refractivity contribution in [3.8, 4) is 0 Å². The third-order valence-corrected chi connectivity index (χ3v) is 6.40. The molecule has 2 heterocycles. The molecule has 0 spiro atoms. The van der Waals surface area contributed by atoms with Gasteiger partial charge < -0.3 is 9.80 Å². The highest BCUT2D eigenvalue weighted by molar-refractivity contribution is 5.51. The van der Waals surface area contributed by atoms with Crippen LogP contribution in [0.15, 0.2) is 24.3 Å². The van der Waals surface area contributed by atoms with Crippen molar-refractivity contribution in [1.29, 1.82) is 0 Å². The smallest absolute Gasteiger partial charge is 0.269 e. The first kappa shape index (κ1) is 19.8. The number of anilines is 1. The standard InChI is InChI=1S/C20H29N7O2/c1-15(2)19(20-21-22-23-26(20)17-5-3-4-6-17)25-13-11-24(12-14-25)16-7-9-18(10-8-16)27(28)29/h7-10,15,17,19H,3-6,11-14H2,1-2H3/p+1/t19-/m1/s1. The Bertz CT molecular complexity index is 822. The van der Waals surface area contributed by atoms with Gasteiger partial charge in [0.05, 0.1) is 37.1 Å². The van der Waals surface area contributed by atoms with Crippen molar-refractivity contribution in [3.63, 3.8) is 0 Å². The molecule has 0 amide bonds. The van der Waals surface area contributed by atoms with Crippen molar-refractivity contribution in [3.05, 3.63) is 40.2 Å². The number of hydrogen-bond donors (Lipinski definition) is 1. The number of piperazine rings is 1. The average Bonchev–Trinajstić information content (AvgIpc) is 3.40. The molecule has 1 N–H and O–H groups in total. The molecule has 1 atom stereocenters. The van der Waals surface area contributed by atoms with Crippen molar-refractivity contribution in [2.75, 3.05) is 31.1 Å². The topological polar surface area (TPSA) is 94.4 Å². The number of tetrazole rings is 1. The van der Waals surface area contributed by atoms with Gasteiger partial charge in [-0.2, -0.15) is 0 Å². The molecule has 0 unspecified atom stereocenters. The number of hydrogen-bond acceptors (Lipinski definition) is 6. The predicted molar refractivity (Wildman–Crippen MR) is 109 cm³/mol. The van der Waals surface area contributed by atoms with E-state index in [1.807, 2.05) is 12.1 Å². The Balaban J connectivity index is 1.46. The monoisotopic (exact) mass is 400 g/mol. The van der Waals surface area contributed by atoms with Crippen molar-refractivity contribution in [1.82, 2.24) is 20.2 Å². The van der Waals surface area contributed by atoms with Gasteiger partial charge in [0.15, 0.2) is 6.04 Å². The van der Waals surface area contributed by atoms with E-state index < -0.39 is 0 Å². The number of nitrogens with zero attached hydrogens (tertiary/aromatic N) is 6. The van der Waals surface area contributed by atoms with E-state index in [-0.39, 0.29) is 16.7 Å². The van der Waals surface area contributed by atoms with Crippen molar-refractivity contribution < 1.29 is 9.82 Å². The Morgan fingerprint density at radius 1 is 1.14 bits per heavy atom. The lowest BCUT2D eigenvalue weighted by Crippen LogP contribution is -3.15. The van der Waals surface area contributed by atoms with Crippen molar-refractivity contribution in [2.24, 2.45) is 5.92 Å². The van der Waals surface area contributed by atoms with Crippen molar-refractivity contribution in [2.45, 2.75) is 51.6 Å². The SMILES string of the molecule is CC(C)[C@H](c1nnnn1C1CCCC1)[NH+]1CCN(c2ccc([N+](=O)[O-])cc2)CC1. The molecule has 2 fully saturated rings. The van der Waals surface area contributed by atoms with E-state index in [1.54, 1.807) is 12.1 Å². The van der Waals surface area contributed by atoms with Gasteiger partial charge in [0.1, 0.15) is 0 Å². The minimum atomic E-state index is -0.354. The Kier molecular flexibility index (Phi) is 5.75. The van der Waals surface area contributed by atoms with Gasteiger partial charge in [0.2, 0.25) is 5.82 Å². The van der Waals surface area contributed by atoms with Crippen LogP contribution in [0.1, 0.15) is 57.4 Å². The molecule has 1 saturated carbocycles. The summed E-state index contributed by atoms with van der Waals surface area (Å²) in [6, 6.07) is 7.60. The second-order valence-corrected chi connectivity index (χ2v) is 8.56. The Hall–Kier alpha value is -2.55. The first-order valence-corrected chi connectivity index (χ1v) is 10.7. The van der Waals surface area contributed by atoms with E-state index in [2.05, 4.69) is 39.0 Å². The molecule has 9 nitrogen and oxygen atoms in total. The molecule has 29 heavy (non-hydrogen) atoms. The van der Waals surface area contributed by atoms with Gasteiger partial charge in [0.25, 0.3) is 5.69 Å². The molecular weight excluding hydrogens is 370 g/mol. The van der Waals surface area contributed by atoms with Crippen LogP contribution in [0.25, 0.3) is 0 Å². The second kappa shape index (κ2) is 8.44. The molecule has 0 bridgehead atoms. The van der Waals surface area contributed by atoms with Gasteiger partial charge in [-0.15, -0.1) is 5.10 Å². The zero-order valence-corrected chi connectivity index (χ0v) is 17.2. The third-order valence-electron chi connectivity index (χ3n) is 6.40. The van der Waals surface area contributed by atoms with Crippen LogP contribution in [0.2, 0.25) is 0 Å². The Labute approximate surface area is 170 Å². The third kappa shape index (κ3) is 4.10. The molecule has 4 rings (SSSR count). The van der Waals surface area contributed by atoms with Crippen LogP contribution in [0.4, 0.5) is 11.4 Å². The number of aromatic nitrogens is 4. The molecular formula is C20H30N7O2+. The predicted octanol–water partition coefficient (Wildman–Crippen LogP) is 1.80. The largest absolute Gasteiger partial charge is 0.360 e. The van der Waals surface area contributed by atoms with E-state index in [0.717, 1.165) is 37.7 Å². The molecule has 1 aromatic carbocycles. The number of non-ortho nitro benzene ring substituents is 1. The van der Waals surface area contributed by atoms with E-state index in [0.29, 0.717) is 12.0 Å². The van der Waals surface area contributed by atoms with Gasteiger partial charge in [-0.1, -0.05) is 26.7 Å². The summed E-state index contributed by atoms with van der Waals surface area (Å²) in [4.78, 5) is 14.4. The molecule has 9 heteroatoms. The Morgan fingerprint density at radius 2 is 1.79 bits per heavy atom. The van der Waals surface area contributed by atoms with Gasteiger partial charge >= 0.3 is 0 Å². The quantitative estimate of drug-likeness (QED) is 0.587. The van der Waals surface area contributed by atoms with E-state index in [9.17, 15) is 10.1 Å². The number of nitrogens with one attached hydrogen (secondary N) is 1. The van der Waals surface area contributed by atoms with Crippen LogP contribution >= 0.6 is 0 Å². The fourth-order valence-electron chi connectivity index (χ4n) is 4.91. The van der Waals surface area contributed by atoms with E-state index in [4.69, 9.17) is 0 Å². The van der Waals surface area contributed by atoms with Crippen LogP contribution in [0.3, 0.4) is 0 Å². The lowest BCUT2D eigenvalue weighted by atomic mass is 10.00. The maximum atomic E-state index is 10.9. The van der Waals surface area contributed by atoms with Gasteiger partial charge in [-0.05, 0) is 35.4 Å². The number of nitro benzene ring substituents is 1. The first-order valence-electron chi connectivity index (χ1n) is 10.7. The molecule has 0 radical (unpaired) electrons. The summed E-state index contributed by atoms with van der Waals surface area (Å²) in [6.07, 6.45) is 4.87. The molecule has 2 aliphatic rings. The zero-order valence-electron chi connectivity index (χ0n) is 17.2. The number of rotatable bonds is 6. The highest BCUT2D eigenvalue weighted by atomic mass is 16.6. The first-order chi connectivity index (χ1) is 14.0. The highest BCUT2D eigenvalue weighted by Crippen LogP contribution is 2.31. The van der Waals surface area contributed by atoms with E-state index in [1.165, 1.54) is 30.6 Å². The lowest BCUT2D eigenvalue weighted by molar-refractivity contribution is -0.937. The summed E-state index contributed by atoms with van der Waals surface area (Å²) in [7, 11) is 0. The summed E-state index contributed by atoms with van der Waals surface area (Å²) in [6.45, 7) is 8.35. The fraction of sp³-hybridized carbons (Fsp3) is 0.650. The minimum absolute atomic E-state index is 0.136. The second-order valence-electron chi connectivity index (χ2n) is 8.56. The molecule has 1 aromatic heterocycles. The van der Waals surface area contributed by atoms with E-state index >= 15 is 0 Å². The summed E-state index contributed by atoms with van der Waals surface area (Å²) in [5.74, 6) is 1.48. The zero-order chi connectivity index (χ0) is 20.4. The average molecular weight is 401 g/mol. The number of nitro groups is 1. The van der Waals surface area contributed by atoms with Crippen LogP contribution in [0.5, 0.6) is 0 Å². The minimum Gasteiger partial charge on any atom is -0.360 e. The van der Waals surface area contributed by atoms with Gasteiger partial charge in [-0.25, -0.2) is 4.68 Å². The fourth-order valence-corrected chi connectivity index (χ4v) is 4.91. The van der Waals surface area contributed by atoms with Crippen LogP contribution in [-0.2, 0) is 0 Å². The van der Waals surface area contributed by atoms with Crippen LogP contribution < -0.4 is 9.80 Å². The van der Waals surface area contributed by atoms with Gasteiger partial charge in [0, 0.05) is 23.7 Å². The molecule has 1 saturated heterocycles. The maximum Gasteiger partial charge on any atom is 0.269 e. The highest BCUT2D eigenvalue weighted by Gasteiger charge is 2.36. The summed E-state index contributed by atoms with van der Waals surface area (Å²) in [5, 5.41) is 23.7. The summed E-state index contributed by atoms with van der Waals surface area (Å²) < 4.78 is 2.10. The maximum absolute atomic E-state index is 10.9. The Morgan fingerprint density at radius 3 is 2.38 bits per heavy atom. The van der Waals surface area contributed by atoms with Crippen LogP contribution in [-0.4, -0.2) is 51.3 Å². The van der Waals surface area contributed by atoms with Crippen LogP contribution in [0, 0.1) is 16.0 Å². The van der Waals surface area contributed by atoms with Gasteiger partial charge in [-0.3, -0.25) is 10.1 Å². The molecule has 2 aromatic rings. The number of quaternary nitrogens is 1. The summed E-state index contributed by atoms with van der Waals surface area (Å²) in [5.41, 5.74) is 1.18. The molecule has 1 aliphatic carbocycles. The molecule has 1 aliphatic heterocycles. The summed E-state index contributed by atoms with van der Waals surface area (Å²) >= 11 is 0.